The maximum Gasteiger partial charge on any atom is 0.250 e. The van der Waals surface area contributed by atoms with Crippen LogP contribution in [0.5, 0.6) is 11.5 Å². The summed E-state index contributed by atoms with van der Waals surface area (Å²) >= 11 is 1.26. The fourth-order valence-electron chi connectivity index (χ4n) is 4.00. The molecule has 0 aliphatic rings. The second-order valence-electron chi connectivity index (χ2n) is 8.46. The lowest BCUT2D eigenvalue weighted by Crippen LogP contribution is -2.20. The number of hydrazone groups is 1. The molecule has 9 nitrogen and oxygen atoms in total. The van der Waals surface area contributed by atoms with Crippen molar-refractivity contribution < 1.29 is 14.6 Å². The topological polar surface area (TPSA) is 114 Å². The number of thioether (sulfide) groups is 1. The minimum atomic E-state index is -0.323. The number of carbonyl (C=O) groups is 1. The molecule has 0 aliphatic heterocycles. The number of rotatable bonds is 10. The molecule has 0 saturated heterocycles. The number of anilines is 1. The number of para-hydroxylation sites is 1. The van der Waals surface area contributed by atoms with Crippen molar-refractivity contribution >= 4 is 40.3 Å². The Morgan fingerprint density at radius 3 is 2.67 bits per heavy atom. The number of nitrogens with one attached hydrogen (secondary N) is 2. The number of phenolic OH excluding ortho intramolecular Hbond substituents is 1. The number of amides is 1. The predicted octanol–water partition coefficient (Wildman–Crippen LogP) is 4.99. The van der Waals surface area contributed by atoms with Gasteiger partial charge < -0.3 is 15.2 Å². The number of ether oxygens (including phenoxy) is 1. The van der Waals surface area contributed by atoms with Gasteiger partial charge in [0.15, 0.2) is 11.0 Å². The zero-order valence-corrected chi connectivity index (χ0v) is 21.9. The summed E-state index contributed by atoms with van der Waals surface area (Å²) in [4.78, 5) is 12.5. The molecule has 5 aromatic rings. The third kappa shape index (κ3) is 6.19. The summed E-state index contributed by atoms with van der Waals surface area (Å²) in [6.45, 7) is 0.441. The third-order valence-electron chi connectivity index (χ3n) is 5.90. The molecule has 196 valence electrons. The van der Waals surface area contributed by atoms with Crippen LogP contribution < -0.4 is 15.5 Å². The van der Waals surface area contributed by atoms with E-state index in [0.29, 0.717) is 28.8 Å². The number of methoxy groups -OCH3 is 1. The molecule has 0 unspecified atom stereocenters. The molecule has 0 bridgehead atoms. The van der Waals surface area contributed by atoms with Crippen LogP contribution in [-0.2, 0) is 11.3 Å². The molecule has 10 heteroatoms. The first kappa shape index (κ1) is 25.8. The van der Waals surface area contributed by atoms with Gasteiger partial charge in [0.25, 0.3) is 5.91 Å². The van der Waals surface area contributed by atoms with Crippen LogP contribution in [0.2, 0.25) is 0 Å². The molecule has 39 heavy (non-hydrogen) atoms. The summed E-state index contributed by atoms with van der Waals surface area (Å²) in [6.07, 6.45) is 1.37. The van der Waals surface area contributed by atoms with Crippen molar-refractivity contribution in [3.63, 3.8) is 0 Å². The normalized spacial score (nSPS) is 11.1. The van der Waals surface area contributed by atoms with E-state index >= 15 is 0 Å². The maximum absolute atomic E-state index is 12.5. The first-order valence-corrected chi connectivity index (χ1v) is 13.1. The van der Waals surface area contributed by atoms with E-state index in [1.165, 1.54) is 31.2 Å². The number of hydrogen-bond acceptors (Lipinski definition) is 8. The second-order valence-corrected chi connectivity index (χ2v) is 9.40. The molecule has 0 atom stereocenters. The Balaban J connectivity index is 1.28. The van der Waals surface area contributed by atoms with E-state index in [0.717, 1.165) is 22.1 Å². The first-order valence-electron chi connectivity index (χ1n) is 12.2. The molecule has 0 fully saturated rings. The molecular formula is C29H26N6O3S. The van der Waals surface area contributed by atoms with Gasteiger partial charge in [-0.15, -0.1) is 10.2 Å². The monoisotopic (exact) mass is 538 g/mol. The number of aromatic nitrogens is 3. The Kier molecular flexibility index (Phi) is 8.03. The highest BCUT2D eigenvalue weighted by molar-refractivity contribution is 7.99. The second kappa shape index (κ2) is 12.1. The third-order valence-corrected chi connectivity index (χ3v) is 6.83. The maximum atomic E-state index is 12.5. The van der Waals surface area contributed by atoms with Crippen molar-refractivity contribution in [2.24, 2.45) is 5.10 Å². The highest BCUT2D eigenvalue weighted by Gasteiger charge is 2.16. The van der Waals surface area contributed by atoms with Crippen LogP contribution in [0.25, 0.3) is 16.5 Å². The van der Waals surface area contributed by atoms with Gasteiger partial charge in [0.2, 0.25) is 0 Å². The van der Waals surface area contributed by atoms with Gasteiger partial charge in [0, 0.05) is 22.3 Å². The molecule has 1 aromatic heterocycles. The van der Waals surface area contributed by atoms with E-state index in [9.17, 15) is 9.90 Å². The Hall–Kier alpha value is -4.83. The summed E-state index contributed by atoms with van der Waals surface area (Å²) in [7, 11) is 1.53. The fourth-order valence-corrected chi connectivity index (χ4v) is 4.76. The zero-order valence-electron chi connectivity index (χ0n) is 21.1. The smallest absolute Gasteiger partial charge is 0.250 e. The summed E-state index contributed by atoms with van der Waals surface area (Å²) in [5, 5.41) is 29.1. The van der Waals surface area contributed by atoms with Crippen molar-refractivity contribution in [3.05, 3.63) is 102 Å². The van der Waals surface area contributed by atoms with Crippen LogP contribution in [0.4, 0.5) is 5.69 Å². The average molecular weight is 539 g/mol. The molecule has 1 heterocycles. The summed E-state index contributed by atoms with van der Waals surface area (Å²) in [6, 6.07) is 28.9. The van der Waals surface area contributed by atoms with E-state index in [-0.39, 0.29) is 17.4 Å². The number of benzene rings is 4. The molecule has 3 N–H and O–H groups in total. The van der Waals surface area contributed by atoms with Crippen LogP contribution in [0.3, 0.4) is 0 Å². The molecule has 0 saturated carbocycles. The Morgan fingerprint density at radius 1 is 1.03 bits per heavy atom. The van der Waals surface area contributed by atoms with Crippen molar-refractivity contribution in [3.8, 4) is 17.2 Å². The summed E-state index contributed by atoms with van der Waals surface area (Å²) in [5.41, 5.74) is 4.81. The lowest BCUT2D eigenvalue weighted by atomic mass is 10.1. The Bertz CT molecular complexity index is 1620. The zero-order chi connectivity index (χ0) is 27.0. The van der Waals surface area contributed by atoms with E-state index < -0.39 is 0 Å². The van der Waals surface area contributed by atoms with Gasteiger partial charge in [-0.1, -0.05) is 66.4 Å². The molecule has 0 radical (unpaired) electrons. The minimum Gasteiger partial charge on any atom is -0.507 e. The summed E-state index contributed by atoms with van der Waals surface area (Å²) in [5.74, 6) is 1.06. The number of phenols is 1. The molecule has 0 spiro atoms. The van der Waals surface area contributed by atoms with Crippen molar-refractivity contribution in [2.45, 2.75) is 11.7 Å². The van der Waals surface area contributed by atoms with Gasteiger partial charge >= 0.3 is 0 Å². The largest absolute Gasteiger partial charge is 0.507 e. The standard InChI is InChI=1S/C29H26N6O3S/c1-38-23-14-15-26(36)21(16-23)17-31-33-28(37)19-39-29-34-32-27(35(29)22-10-3-2-4-11-22)18-30-25-13-7-9-20-8-5-6-12-24(20)25/h2-17,30,36H,18-19H2,1H3,(H,33,37)/b31-17-. The van der Waals surface area contributed by atoms with Gasteiger partial charge in [-0.2, -0.15) is 5.10 Å². The predicted molar refractivity (Wildman–Crippen MR) is 154 cm³/mol. The van der Waals surface area contributed by atoms with E-state index in [4.69, 9.17) is 4.74 Å². The highest BCUT2D eigenvalue weighted by atomic mass is 32.2. The number of hydrogen-bond donors (Lipinski definition) is 3. The Labute approximate surface area is 229 Å². The Morgan fingerprint density at radius 2 is 1.82 bits per heavy atom. The molecule has 5 rings (SSSR count). The van der Waals surface area contributed by atoms with Gasteiger partial charge in [-0.05, 0) is 41.8 Å². The number of carbonyl (C=O) groups excluding carboxylic acids is 1. The lowest BCUT2D eigenvalue weighted by Gasteiger charge is -2.12. The number of aromatic hydroxyl groups is 1. The average Bonchev–Trinajstić information content (AvgIpc) is 3.39. The van der Waals surface area contributed by atoms with E-state index in [1.54, 1.807) is 12.1 Å². The van der Waals surface area contributed by atoms with E-state index in [1.807, 2.05) is 59.2 Å². The number of nitrogens with zero attached hydrogens (tertiary/aromatic N) is 4. The minimum absolute atomic E-state index is 0.0313. The molecule has 0 aliphatic carbocycles. The van der Waals surface area contributed by atoms with Gasteiger partial charge in [0.1, 0.15) is 11.5 Å². The van der Waals surface area contributed by atoms with Crippen LogP contribution in [0.1, 0.15) is 11.4 Å². The van der Waals surface area contributed by atoms with Crippen LogP contribution in [0, 0.1) is 0 Å². The highest BCUT2D eigenvalue weighted by Crippen LogP contribution is 2.26. The number of fused-ring (bicyclic) bond motifs is 1. The molecule has 1 amide bonds. The quantitative estimate of drug-likeness (QED) is 0.130. The lowest BCUT2D eigenvalue weighted by molar-refractivity contribution is -0.118. The van der Waals surface area contributed by atoms with Crippen molar-refractivity contribution in [1.82, 2.24) is 20.2 Å². The first-order chi connectivity index (χ1) is 19.1. The SMILES string of the molecule is COc1ccc(O)c(/C=N\NC(=O)CSc2nnc(CNc3cccc4ccccc34)n2-c2ccccc2)c1. The van der Waals surface area contributed by atoms with Gasteiger partial charge in [0.05, 0.1) is 25.6 Å². The molecule has 4 aromatic carbocycles. The van der Waals surface area contributed by atoms with Crippen LogP contribution >= 0.6 is 11.8 Å². The molecular weight excluding hydrogens is 512 g/mol. The van der Waals surface area contributed by atoms with Gasteiger partial charge in [-0.25, -0.2) is 5.43 Å². The van der Waals surface area contributed by atoms with Crippen LogP contribution in [0.15, 0.2) is 101 Å². The fraction of sp³-hybridized carbons (Fsp3) is 0.103. The van der Waals surface area contributed by atoms with Gasteiger partial charge in [-0.3, -0.25) is 9.36 Å². The summed E-state index contributed by atoms with van der Waals surface area (Å²) < 4.78 is 7.09. The van der Waals surface area contributed by atoms with Crippen molar-refractivity contribution in [1.29, 1.82) is 0 Å². The van der Waals surface area contributed by atoms with E-state index in [2.05, 4.69) is 44.2 Å². The van der Waals surface area contributed by atoms with Crippen LogP contribution in [-0.4, -0.2) is 44.9 Å². The van der Waals surface area contributed by atoms with Crippen molar-refractivity contribution in [2.75, 3.05) is 18.2 Å².